The average molecular weight is 348 g/mol. The number of rotatable bonds is 4. The molecule has 0 spiro atoms. The van der Waals surface area contributed by atoms with Crippen LogP contribution in [0.25, 0.3) is 17.0 Å². The van der Waals surface area contributed by atoms with Crippen molar-refractivity contribution in [2.45, 2.75) is 0 Å². The van der Waals surface area contributed by atoms with Gasteiger partial charge in [0.15, 0.2) is 5.76 Å². The molecule has 2 aromatic heterocycles. The van der Waals surface area contributed by atoms with Crippen molar-refractivity contribution in [2.75, 3.05) is 5.32 Å². The van der Waals surface area contributed by atoms with Gasteiger partial charge in [-0.15, -0.1) is 0 Å². The van der Waals surface area contributed by atoms with Crippen LogP contribution in [0.4, 0.5) is 10.1 Å². The Hall–Kier alpha value is -3.74. The van der Waals surface area contributed by atoms with Gasteiger partial charge in [-0.05, 0) is 48.5 Å². The van der Waals surface area contributed by atoms with Gasteiger partial charge in [-0.25, -0.2) is 4.39 Å². The number of nitrogens with zero attached hydrogens (tertiary/aromatic N) is 3. The molecule has 4 rings (SSSR count). The van der Waals surface area contributed by atoms with Gasteiger partial charge in [-0.1, -0.05) is 12.1 Å². The summed E-state index contributed by atoms with van der Waals surface area (Å²) in [6.45, 7) is 0. The fourth-order valence-electron chi connectivity index (χ4n) is 2.49. The molecule has 0 aliphatic heterocycles. The number of aromatic nitrogens is 3. The minimum atomic E-state index is -0.419. The summed E-state index contributed by atoms with van der Waals surface area (Å²) in [6.07, 6.45) is 3.17. The van der Waals surface area contributed by atoms with Crippen LogP contribution in [0, 0.1) is 5.82 Å². The zero-order valence-electron chi connectivity index (χ0n) is 13.5. The average Bonchev–Trinajstić information content (AvgIpc) is 3.35. The highest BCUT2D eigenvalue weighted by Crippen LogP contribution is 2.25. The molecule has 2 aromatic carbocycles. The Kier molecular flexibility index (Phi) is 4.03. The molecule has 26 heavy (non-hydrogen) atoms. The van der Waals surface area contributed by atoms with E-state index in [-0.39, 0.29) is 5.76 Å². The molecule has 0 unspecified atom stereocenters. The molecule has 1 amide bonds. The van der Waals surface area contributed by atoms with Crippen LogP contribution in [-0.4, -0.2) is 20.9 Å². The summed E-state index contributed by atoms with van der Waals surface area (Å²) in [6, 6.07) is 16.3. The lowest BCUT2D eigenvalue weighted by Crippen LogP contribution is -2.11. The number of benzene rings is 2. The van der Waals surface area contributed by atoms with Crippen molar-refractivity contribution in [1.82, 2.24) is 15.0 Å². The topological polar surface area (TPSA) is 73.0 Å². The van der Waals surface area contributed by atoms with Gasteiger partial charge in [0.05, 0.1) is 23.6 Å². The number of furan rings is 1. The van der Waals surface area contributed by atoms with Gasteiger partial charge in [0.25, 0.3) is 5.91 Å². The summed E-state index contributed by atoms with van der Waals surface area (Å²) >= 11 is 0. The van der Waals surface area contributed by atoms with Gasteiger partial charge in [-0.3, -0.25) is 4.79 Å². The highest BCUT2D eigenvalue weighted by molar-refractivity contribution is 6.02. The molecule has 0 fully saturated rings. The SMILES string of the molecule is O=C(Nc1ccc(-n2nccn2)cc1)c1ccc(-c2ccccc2F)o1. The molecule has 0 radical (unpaired) electrons. The number of amides is 1. The van der Waals surface area contributed by atoms with Crippen LogP contribution >= 0.6 is 0 Å². The van der Waals surface area contributed by atoms with Gasteiger partial charge in [0.2, 0.25) is 0 Å². The molecule has 6 nitrogen and oxygen atoms in total. The molecular formula is C19H13FN4O2. The highest BCUT2D eigenvalue weighted by Gasteiger charge is 2.14. The van der Waals surface area contributed by atoms with Crippen LogP contribution in [0.2, 0.25) is 0 Å². The van der Waals surface area contributed by atoms with E-state index in [2.05, 4.69) is 15.5 Å². The highest BCUT2D eigenvalue weighted by atomic mass is 19.1. The van der Waals surface area contributed by atoms with E-state index in [9.17, 15) is 9.18 Å². The molecule has 0 saturated carbocycles. The second-order valence-corrected chi connectivity index (χ2v) is 5.46. The fourth-order valence-corrected chi connectivity index (χ4v) is 2.49. The Labute approximate surface area is 147 Å². The Morgan fingerprint density at radius 1 is 0.962 bits per heavy atom. The molecule has 4 aromatic rings. The first-order chi connectivity index (χ1) is 12.7. The summed E-state index contributed by atoms with van der Waals surface area (Å²) in [5.74, 6) is -0.427. The van der Waals surface area contributed by atoms with E-state index in [4.69, 9.17) is 4.42 Å². The van der Waals surface area contributed by atoms with Gasteiger partial charge >= 0.3 is 0 Å². The summed E-state index contributed by atoms with van der Waals surface area (Å²) in [5.41, 5.74) is 1.67. The summed E-state index contributed by atoms with van der Waals surface area (Å²) in [4.78, 5) is 13.8. The molecule has 1 N–H and O–H groups in total. The number of nitrogens with one attached hydrogen (secondary N) is 1. The third-order valence-corrected chi connectivity index (χ3v) is 3.74. The number of hydrogen-bond acceptors (Lipinski definition) is 4. The van der Waals surface area contributed by atoms with Gasteiger partial charge in [0, 0.05) is 5.69 Å². The molecule has 0 aliphatic rings. The number of hydrogen-bond donors (Lipinski definition) is 1. The van der Waals surface area contributed by atoms with Crippen molar-refractivity contribution in [3.05, 3.63) is 84.6 Å². The summed E-state index contributed by atoms with van der Waals surface area (Å²) in [7, 11) is 0. The van der Waals surface area contributed by atoms with Gasteiger partial charge in [-0.2, -0.15) is 15.0 Å². The zero-order valence-corrected chi connectivity index (χ0v) is 13.5. The predicted octanol–water partition coefficient (Wildman–Crippen LogP) is 3.92. The Bertz CT molecular complexity index is 1040. The monoisotopic (exact) mass is 348 g/mol. The molecule has 0 aliphatic carbocycles. The smallest absolute Gasteiger partial charge is 0.291 e. The third-order valence-electron chi connectivity index (χ3n) is 3.74. The zero-order chi connectivity index (χ0) is 17.9. The normalized spacial score (nSPS) is 10.7. The largest absolute Gasteiger partial charge is 0.451 e. The van der Waals surface area contributed by atoms with Crippen LogP contribution in [0.5, 0.6) is 0 Å². The van der Waals surface area contributed by atoms with Crippen molar-refractivity contribution < 1.29 is 13.6 Å². The van der Waals surface area contributed by atoms with Crippen molar-refractivity contribution in [2.24, 2.45) is 0 Å². The van der Waals surface area contributed by atoms with Crippen molar-refractivity contribution >= 4 is 11.6 Å². The maximum absolute atomic E-state index is 13.8. The molecule has 0 bridgehead atoms. The van der Waals surface area contributed by atoms with Crippen molar-refractivity contribution in [1.29, 1.82) is 0 Å². The molecule has 7 heteroatoms. The Balaban J connectivity index is 1.49. The van der Waals surface area contributed by atoms with Gasteiger partial charge in [0.1, 0.15) is 11.6 Å². The maximum Gasteiger partial charge on any atom is 0.291 e. The Morgan fingerprint density at radius 3 is 2.42 bits per heavy atom. The van der Waals surface area contributed by atoms with E-state index in [0.717, 1.165) is 5.69 Å². The van der Waals surface area contributed by atoms with Crippen LogP contribution in [0.15, 0.2) is 77.5 Å². The first kappa shape index (κ1) is 15.8. The van der Waals surface area contributed by atoms with E-state index in [1.807, 2.05) is 0 Å². The van der Waals surface area contributed by atoms with E-state index in [1.165, 1.54) is 16.9 Å². The first-order valence-corrected chi connectivity index (χ1v) is 7.83. The molecule has 0 saturated heterocycles. The standard InChI is InChI=1S/C19H13FN4O2/c20-16-4-2-1-3-15(16)17-9-10-18(26-17)19(25)23-13-5-7-14(8-6-13)24-21-11-12-22-24/h1-12H,(H,23,25). The van der Waals surface area contributed by atoms with Crippen LogP contribution in [0.1, 0.15) is 10.6 Å². The second kappa shape index (κ2) is 6.64. The summed E-state index contributed by atoms with van der Waals surface area (Å²) in [5, 5.41) is 10.8. The lowest BCUT2D eigenvalue weighted by molar-refractivity contribution is 0.0997. The first-order valence-electron chi connectivity index (χ1n) is 7.83. The van der Waals surface area contributed by atoms with E-state index in [0.29, 0.717) is 17.0 Å². The minimum Gasteiger partial charge on any atom is -0.451 e. The third kappa shape index (κ3) is 3.10. The van der Waals surface area contributed by atoms with Gasteiger partial charge < -0.3 is 9.73 Å². The predicted molar refractivity (Wildman–Crippen MR) is 93.4 cm³/mol. The van der Waals surface area contributed by atoms with Crippen molar-refractivity contribution in [3.8, 4) is 17.0 Å². The van der Waals surface area contributed by atoms with Crippen LogP contribution in [-0.2, 0) is 0 Å². The van der Waals surface area contributed by atoms with E-state index >= 15 is 0 Å². The number of carbonyl (C=O) groups excluding carboxylic acids is 1. The van der Waals surface area contributed by atoms with Crippen LogP contribution < -0.4 is 5.32 Å². The molecule has 2 heterocycles. The lowest BCUT2D eigenvalue weighted by Gasteiger charge is -2.05. The maximum atomic E-state index is 13.8. The second-order valence-electron chi connectivity index (χ2n) is 5.46. The Morgan fingerprint density at radius 2 is 1.69 bits per heavy atom. The number of halogens is 1. The number of carbonyl (C=O) groups is 1. The quantitative estimate of drug-likeness (QED) is 0.607. The lowest BCUT2D eigenvalue weighted by atomic mass is 10.1. The number of anilines is 1. The van der Waals surface area contributed by atoms with Crippen molar-refractivity contribution in [3.63, 3.8) is 0 Å². The van der Waals surface area contributed by atoms with E-state index < -0.39 is 11.7 Å². The fraction of sp³-hybridized carbons (Fsp3) is 0. The molecule has 128 valence electrons. The van der Waals surface area contributed by atoms with Crippen LogP contribution in [0.3, 0.4) is 0 Å². The summed E-state index contributed by atoms with van der Waals surface area (Å²) < 4.78 is 19.3. The van der Waals surface area contributed by atoms with E-state index in [1.54, 1.807) is 60.9 Å². The molecular weight excluding hydrogens is 335 g/mol. The molecule has 0 atom stereocenters. The minimum absolute atomic E-state index is 0.0982.